The maximum Gasteiger partial charge on any atom is 0.353 e. The van der Waals surface area contributed by atoms with Crippen molar-refractivity contribution >= 4 is 23.3 Å². The lowest BCUT2D eigenvalue weighted by Gasteiger charge is -2.35. The number of nitrogens with one attached hydrogen (secondary N) is 2. The number of aromatic nitrogens is 2. The second-order valence-corrected chi connectivity index (χ2v) is 7.45. The van der Waals surface area contributed by atoms with Crippen LogP contribution < -0.4 is 20.9 Å². The lowest BCUT2D eigenvalue weighted by Crippen LogP contribution is -3.05. The highest BCUT2D eigenvalue weighted by atomic mass is 16.6. The summed E-state index contributed by atoms with van der Waals surface area (Å²) < 4.78 is 0. The molecule has 0 bridgehead atoms. The molecular formula is C16H30N7O2+. The van der Waals surface area contributed by atoms with E-state index >= 15 is 0 Å². The first kappa shape index (κ1) is 19.2. The molecule has 4 N–H and O–H groups in total. The van der Waals surface area contributed by atoms with E-state index in [0.29, 0.717) is 30.1 Å². The van der Waals surface area contributed by atoms with Gasteiger partial charge in [0.05, 0.1) is 25.6 Å². The molecule has 0 spiro atoms. The standard InChI is InChI=1S/C16H29N7O2/c1-11-8-12(2)10-22(9-11)15-13(23(24)25)14(17)19-16(20-15)18-6-5-7-21(3)4/h11-12H,5-10H2,1-4H3,(H3,17,18,19,20)/p+1/t11-,12+. The normalized spacial score (nSPS) is 20.8. The van der Waals surface area contributed by atoms with Crippen LogP contribution in [0.2, 0.25) is 0 Å². The zero-order chi connectivity index (χ0) is 18.6. The van der Waals surface area contributed by atoms with Crippen molar-refractivity contribution < 1.29 is 9.82 Å². The van der Waals surface area contributed by atoms with Gasteiger partial charge < -0.3 is 20.9 Å². The van der Waals surface area contributed by atoms with Crippen LogP contribution in [0, 0.1) is 22.0 Å². The fourth-order valence-electron chi connectivity index (χ4n) is 3.41. The Morgan fingerprint density at radius 2 is 1.96 bits per heavy atom. The van der Waals surface area contributed by atoms with Crippen LogP contribution in [0.15, 0.2) is 0 Å². The zero-order valence-corrected chi connectivity index (χ0v) is 15.6. The van der Waals surface area contributed by atoms with E-state index < -0.39 is 4.92 Å². The molecule has 1 saturated heterocycles. The Bertz CT molecular complexity index is 598. The van der Waals surface area contributed by atoms with Crippen molar-refractivity contribution in [1.82, 2.24) is 9.97 Å². The van der Waals surface area contributed by atoms with E-state index in [2.05, 4.69) is 43.2 Å². The van der Waals surface area contributed by atoms with Crippen molar-refractivity contribution in [3.63, 3.8) is 0 Å². The number of quaternary nitrogens is 1. The van der Waals surface area contributed by atoms with Crippen molar-refractivity contribution in [3.05, 3.63) is 10.1 Å². The summed E-state index contributed by atoms with van der Waals surface area (Å²) in [5, 5.41) is 14.6. The molecule has 1 aromatic rings. The highest BCUT2D eigenvalue weighted by Gasteiger charge is 2.31. The molecule has 0 saturated carbocycles. The molecule has 2 rings (SSSR count). The number of anilines is 3. The summed E-state index contributed by atoms with van der Waals surface area (Å²) >= 11 is 0. The average molecular weight is 352 g/mol. The summed E-state index contributed by atoms with van der Waals surface area (Å²) in [5.74, 6) is 1.52. The Balaban J connectivity index is 2.24. The Labute approximate surface area is 148 Å². The summed E-state index contributed by atoms with van der Waals surface area (Å²) in [6, 6.07) is 0. The summed E-state index contributed by atoms with van der Waals surface area (Å²) in [6.07, 6.45) is 2.07. The van der Waals surface area contributed by atoms with Crippen LogP contribution >= 0.6 is 0 Å². The molecule has 2 heterocycles. The number of nitrogens with two attached hydrogens (primary N) is 1. The Kier molecular flexibility index (Phi) is 6.35. The van der Waals surface area contributed by atoms with Crippen LogP contribution in [0.3, 0.4) is 0 Å². The fraction of sp³-hybridized carbons (Fsp3) is 0.750. The van der Waals surface area contributed by atoms with Crippen LogP contribution in [-0.2, 0) is 0 Å². The molecule has 2 atom stereocenters. The van der Waals surface area contributed by atoms with Gasteiger partial charge >= 0.3 is 5.69 Å². The second-order valence-electron chi connectivity index (χ2n) is 7.45. The molecule has 0 unspecified atom stereocenters. The highest BCUT2D eigenvalue weighted by molar-refractivity contribution is 5.71. The largest absolute Gasteiger partial charge is 0.378 e. The number of nitro groups is 1. The number of nitrogens with zero attached hydrogens (tertiary/aromatic N) is 4. The van der Waals surface area contributed by atoms with Crippen LogP contribution in [0.5, 0.6) is 0 Å². The first-order valence-corrected chi connectivity index (χ1v) is 8.87. The van der Waals surface area contributed by atoms with E-state index in [-0.39, 0.29) is 11.5 Å². The van der Waals surface area contributed by atoms with E-state index in [0.717, 1.165) is 32.5 Å². The molecule has 1 aliphatic rings. The van der Waals surface area contributed by atoms with Gasteiger partial charge in [0.1, 0.15) is 0 Å². The van der Waals surface area contributed by atoms with E-state index in [1.54, 1.807) is 0 Å². The monoisotopic (exact) mass is 352 g/mol. The van der Waals surface area contributed by atoms with Gasteiger partial charge in [0.25, 0.3) is 0 Å². The molecule has 140 valence electrons. The number of hydrogen-bond donors (Lipinski definition) is 3. The third-order valence-corrected chi connectivity index (χ3v) is 4.38. The molecule has 1 aliphatic heterocycles. The number of rotatable bonds is 7. The van der Waals surface area contributed by atoms with Gasteiger partial charge in [-0.25, -0.2) is 0 Å². The predicted molar refractivity (Wildman–Crippen MR) is 99.0 cm³/mol. The van der Waals surface area contributed by atoms with Crippen LogP contribution in [0.1, 0.15) is 26.7 Å². The van der Waals surface area contributed by atoms with Crippen molar-refractivity contribution in [2.75, 3.05) is 56.2 Å². The molecule has 0 aliphatic carbocycles. The number of hydrogen-bond acceptors (Lipinski definition) is 7. The summed E-state index contributed by atoms with van der Waals surface area (Å²) in [6.45, 7) is 7.51. The predicted octanol–water partition coefficient (Wildman–Crippen LogP) is 0.396. The van der Waals surface area contributed by atoms with Gasteiger partial charge in [0.2, 0.25) is 17.6 Å². The summed E-state index contributed by atoms with van der Waals surface area (Å²) in [4.78, 5) is 22.9. The number of nitrogen functional groups attached to an aromatic ring is 1. The molecule has 25 heavy (non-hydrogen) atoms. The van der Waals surface area contributed by atoms with E-state index in [4.69, 9.17) is 5.73 Å². The summed E-state index contributed by atoms with van der Waals surface area (Å²) in [5.41, 5.74) is 5.70. The Morgan fingerprint density at radius 1 is 1.32 bits per heavy atom. The Morgan fingerprint density at radius 3 is 2.52 bits per heavy atom. The third kappa shape index (κ3) is 5.15. The molecular weight excluding hydrogens is 322 g/mol. The molecule has 0 amide bonds. The lowest BCUT2D eigenvalue weighted by molar-refractivity contribution is -0.858. The van der Waals surface area contributed by atoms with Gasteiger partial charge in [-0.2, -0.15) is 9.97 Å². The minimum absolute atomic E-state index is 0.0818. The molecule has 9 heteroatoms. The molecule has 0 radical (unpaired) electrons. The van der Waals surface area contributed by atoms with Crippen molar-refractivity contribution in [2.45, 2.75) is 26.7 Å². The van der Waals surface area contributed by atoms with Crippen molar-refractivity contribution in [3.8, 4) is 0 Å². The zero-order valence-electron chi connectivity index (χ0n) is 15.6. The van der Waals surface area contributed by atoms with Gasteiger partial charge in [-0.05, 0) is 18.3 Å². The lowest BCUT2D eigenvalue weighted by atomic mass is 9.92. The first-order valence-electron chi connectivity index (χ1n) is 8.87. The van der Waals surface area contributed by atoms with Gasteiger partial charge in [0, 0.05) is 26.1 Å². The topological polar surface area (TPSA) is 115 Å². The Hall–Kier alpha value is -2.16. The van der Waals surface area contributed by atoms with Crippen molar-refractivity contribution in [1.29, 1.82) is 0 Å². The molecule has 1 fully saturated rings. The first-order chi connectivity index (χ1) is 11.8. The van der Waals surface area contributed by atoms with Gasteiger partial charge in [-0.1, -0.05) is 13.8 Å². The minimum Gasteiger partial charge on any atom is -0.378 e. The maximum atomic E-state index is 11.5. The molecule has 0 aromatic carbocycles. The van der Waals surface area contributed by atoms with E-state index in [9.17, 15) is 10.1 Å². The third-order valence-electron chi connectivity index (χ3n) is 4.38. The minimum atomic E-state index is -0.478. The average Bonchev–Trinajstić information content (AvgIpc) is 2.49. The molecule has 1 aromatic heterocycles. The quantitative estimate of drug-likeness (QED) is 0.369. The van der Waals surface area contributed by atoms with Crippen molar-refractivity contribution in [2.24, 2.45) is 11.8 Å². The van der Waals surface area contributed by atoms with Crippen LogP contribution in [-0.4, -0.2) is 55.2 Å². The van der Waals surface area contributed by atoms with Gasteiger partial charge in [-0.15, -0.1) is 0 Å². The SMILES string of the molecule is C[C@@H]1C[C@H](C)CN(c2nc(NCCC[NH+](C)C)nc(N)c2[N+](=O)[O-])C1. The van der Waals surface area contributed by atoms with Gasteiger partial charge in [-0.3, -0.25) is 10.1 Å². The van der Waals surface area contributed by atoms with Crippen LogP contribution in [0.25, 0.3) is 0 Å². The smallest absolute Gasteiger partial charge is 0.353 e. The van der Waals surface area contributed by atoms with Gasteiger partial charge in [0.15, 0.2) is 0 Å². The molecule has 9 nitrogen and oxygen atoms in total. The summed E-state index contributed by atoms with van der Waals surface area (Å²) in [7, 11) is 4.19. The maximum absolute atomic E-state index is 11.5. The fourth-order valence-corrected chi connectivity index (χ4v) is 3.41. The van der Waals surface area contributed by atoms with Crippen LogP contribution in [0.4, 0.5) is 23.3 Å². The highest BCUT2D eigenvalue weighted by Crippen LogP contribution is 2.35. The van der Waals surface area contributed by atoms with E-state index in [1.807, 2.05) is 4.90 Å². The van der Waals surface area contributed by atoms with E-state index in [1.165, 1.54) is 4.90 Å². The number of piperidine rings is 1. The second kappa shape index (κ2) is 8.28.